The third kappa shape index (κ3) is 3.98. The van der Waals surface area contributed by atoms with E-state index >= 15 is 0 Å². The molecule has 0 saturated carbocycles. The lowest BCUT2D eigenvalue weighted by Gasteiger charge is -2.13. The van der Waals surface area contributed by atoms with Crippen LogP contribution in [0.1, 0.15) is 16.7 Å². The Labute approximate surface area is 146 Å². The molecule has 2 aromatic carbocycles. The number of methoxy groups -OCH3 is 1. The van der Waals surface area contributed by atoms with Crippen molar-refractivity contribution in [2.75, 3.05) is 18.6 Å². The summed E-state index contributed by atoms with van der Waals surface area (Å²) in [6.45, 7) is 0.475. The van der Waals surface area contributed by atoms with Gasteiger partial charge in [-0.2, -0.15) is 0 Å². The summed E-state index contributed by atoms with van der Waals surface area (Å²) >= 11 is 0. The van der Waals surface area contributed by atoms with Gasteiger partial charge in [-0.3, -0.25) is 0 Å². The van der Waals surface area contributed by atoms with E-state index in [1.807, 2.05) is 48.5 Å². The van der Waals surface area contributed by atoms with Crippen molar-refractivity contribution in [3.05, 3.63) is 71.5 Å². The fraction of sp³-hybridized carbons (Fsp3) is 0.158. The number of anilines is 2. The Balaban J connectivity index is 1.77. The minimum atomic E-state index is 0.385. The standard InChI is InChI=1S/C19H20N4O2/c1-24-17-10-14(9-15-18(20)22-12-23-19(15)21)7-8-16(17)25-11-13-5-3-2-4-6-13/h2-8,10,12H,9,11H2,1H3,(H4,20,21,22,23). The fourth-order valence-corrected chi connectivity index (χ4v) is 2.50. The Bertz CT molecular complexity index is 833. The molecule has 128 valence electrons. The number of benzene rings is 2. The van der Waals surface area contributed by atoms with Crippen molar-refractivity contribution in [3.63, 3.8) is 0 Å². The molecule has 0 aliphatic heterocycles. The van der Waals surface area contributed by atoms with E-state index in [4.69, 9.17) is 20.9 Å². The maximum atomic E-state index is 5.89. The minimum Gasteiger partial charge on any atom is -0.493 e. The van der Waals surface area contributed by atoms with Crippen LogP contribution in [0.5, 0.6) is 11.5 Å². The van der Waals surface area contributed by atoms with Crippen LogP contribution in [0.25, 0.3) is 0 Å². The second-order valence-corrected chi connectivity index (χ2v) is 5.56. The second-order valence-electron chi connectivity index (χ2n) is 5.56. The average molecular weight is 336 g/mol. The van der Waals surface area contributed by atoms with Gasteiger partial charge in [0.25, 0.3) is 0 Å². The van der Waals surface area contributed by atoms with E-state index in [2.05, 4.69) is 9.97 Å². The van der Waals surface area contributed by atoms with E-state index in [0.717, 1.165) is 11.1 Å². The first-order valence-corrected chi connectivity index (χ1v) is 7.86. The van der Waals surface area contributed by atoms with Crippen molar-refractivity contribution < 1.29 is 9.47 Å². The summed E-state index contributed by atoms with van der Waals surface area (Å²) in [5.74, 6) is 2.11. The third-order valence-electron chi connectivity index (χ3n) is 3.86. The summed E-state index contributed by atoms with van der Waals surface area (Å²) in [5, 5.41) is 0. The van der Waals surface area contributed by atoms with E-state index in [0.29, 0.717) is 41.7 Å². The Hall–Kier alpha value is -3.28. The number of nitrogens with zero attached hydrogens (tertiary/aromatic N) is 2. The van der Waals surface area contributed by atoms with Crippen molar-refractivity contribution >= 4 is 11.6 Å². The number of nitrogen functional groups attached to an aromatic ring is 2. The number of aromatic nitrogens is 2. The first-order valence-electron chi connectivity index (χ1n) is 7.86. The normalized spacial score (nSPS) is 10.4. The molecule has 25 heavy (non-hydrogen) atoms. The highest BCUT2D eigenvalue weighted by atomic mass is 16.5. The van der Waals surface area contributed by atoms with Crippen molar-refractivity contribution in [3.8, 4) is 11.5 Å². The topological polar surface area (TPSA) is 96.3 Å². The minimum absolute atomic E-state index is 0.385. The zero-order valence-electron chi connectivity index (χ0n) is 14.0. The van der Waals surface area contributed by atoms with Gasteiger partial charge >= 0.3 is 0 Å². The van der Waals surface area contributed by atoms with E-state index in [1.165, 1.54) is 6.33 Å². The van der Waals surface area contributed by atoms with Gasteiger partial charge in [-0.05, 0) is 23.3 Å². The summed E-state index contributed by atoms with van der Waals surface area (Å²) in [6.07, 6.45) is 1.88. The zero-order valence-corrected chi connectivity index (χ0v) is 14.0. The fourth-order valence-electron chi connectivity index (χ4n) is 2.50. The largest absolute Gasteiger partial charge is 0.493 e. The molecule has 1 heterocycles. The molecule has 0 spiro atoms. The predicted molar refractivity (Wildman–Crippen MR) is 97.4 cm³/mol. The molecule has 0 bridgehead atoms. The van der Waals surface area contributed by atoms with Gasteiger partial charge in [0.2, 0.25) is 0 Å². The highest BCUT2D eigenvalue weighted by molar-refractivity contribution is 5.55. The molecule has 0 amide bonds. The Morgan fingerprint density at radius 1 is 0.880 bits per heavy atom. The highest BCUT2D eigenvalue weighted by Crippen LogP contribution is 2.30. The Morgan fingerprint density at radius 3 is 2.28 bits per heavy atom. The summed E-state index contributed by atoms with van der Waals surface area (Å²) in [5.41, 5.74) is 14.6. The predicted octanol–water partition coefficient (Wildman–Crippen LogP) is 2.82. The van der Waals surface area contributed by atoms with Crippen LogP contribution in [0.4, 0.5) is 11.6 Å². The molecule has 0 saturated heterocycles. The first-order chi connectivity index (χ1) is 12.2. The van der Waals surface area contributed by atoms with Crippen LogP contribution in [0.15, 0.2) is 54.9 Å². The third-order valence-corrected chi connectivity index (χ3v) is 3.86. The highest BCUT2D eigenvalue weighted by Gasteiger charge is 2.11. The molecule has 0 fully saturated rings. The average Bonchev–Trinajstić information content (AvgIpc) is 2.64. The van der Waals surface area contributed by atoms with Gasteiger partial charge in [0.05, 0.1) is 7.11 Å². The van der Waals surface area contributed by atoms with E-state index < -0.39 is 0 Å². The molecule has 1 aromatic heterocycles. The molecule has 6 nitrogen and oxygen atoms in total. The van der Waals surface area contributed by atoms with Gasteiger partial charge in [-0.1, -0.05) is 36.4 Å². The molecule has 0 aliphatic carbocycles. The molecule has 0 radical (unpaired) electrons. The molecule has 0 atom stereocenters. The maximum Gasteiger partial charge on any atom is 0.161 e. The van der Waals surface area contributed by atoms with Crippen molar-refractivity contribution in [1.29, 1.82) is 0 Å². The molecular weight excluding hydrogens is 316 g/mol. The quantitative estimate of drug-likeness (QED) is 0.718. The van der Waals surface area contributed by atoms with Crippen LogP contribution < -0.4 is 20.9 Å². The molecule has 3 rings (SSSR count). The molecule has 3 aromatic rings. The van der Waals surface area contributed by atoms with Gasteiger partial charge < -0.3 is 20.9 Å². The van der Waals surface area contributed by atoms with E-state index in [1.54, 1.807) is 7.11 Å². The van der Waals surface area contributed by atoms with Crippen LogP contribution in [0, 0.1) is 0 Å². The smallest absolute Gasteiger partial charge is 0.161 e. The van der Waals surface area contributed by atoms with Gasteiger partial charge in [-0.25, -0.2) is 9.97 Å². The summed E-state index contributed by atoms with van der Waals surface area (Å²) in [4.78, 5) is 7.98. The molecule has 4 N–H and O–H groups in total. The maximum absolute atomic E-state index is 5.89. The Morgan fingerprint density at radius 2 is 1.60 bits per heavy atom. The number of hydrogen-bond donors (Lipinski definition) is 2. The molecule has 6 heteroatoms. The van der Waals surface area contributed by atoms with Crippen molar-refractivity contribution in [2.24, 2.45) is 0 Å². The zero-order chi connectivity index (χ0) is 17.6. The van der Waals surface area contributed by atoms with Crippen LogP contribution in [-0.2, 0) is 13.0 Å². The first kappa shape index (κ1) is 16.6. The van der Waals surface area contributed by atoms with Crippen LogP contribution >= 0.6 is 0 Å². The van der Waals surface area contributed by atoms with E-state index in [9.17, 15) is 0 Å². The Kier molecular flexibility index (Phi) is 4.99. The SMILES string of the molecule is COc1cc(Cc2c(N)ncnc2N)ccc1OCc1ccccc1. The van der Waals surface area contributed by atoms with Crippen LogP contribution in [-0.4, -0.2) is 17.1 Å². The number of rotatable bonds is 6. The summed E-state index contributed by atoms with van der Waals surface area (Å²) in [7, 11) is 1.61. The van der Waals surface area contributed by atoms with Crippen LogP contribution in [0.3, 0.4) is 0 Å². The van der Waals surface area contributed by atoms with Gasteiger partial charge in [0.1, 0.15) is 24.6 Å². The second kappa shape index (κ2) is 7.53. The number of nitrogens with two attached hydrogens (primary N) is 2. The van der Waals surface area contributed by atoms with Crippen molar-refractivity contribution in [2.45, 2.75) is 13.0 Å². The van der Waals surface area contributed by atoms with Gasteiger partial charge in [-0.15, -0.1) is 0 Å². The lowest BCUT2D eigenvalue weighted by Crippen LogP contribution is -2.05. The molecule has 0 aliphatic rings. The van der Waals surface area contributed by atoms with Crippen LogP contribution in [0.2, 0.25) is 0 Å². The monoisotopic (exact) mass is 336 g/mol. The molecular formula is C19H20N4O2. The van der Waals surface area contributed by atoms with Gasteiger partial charge in [0, 0.05) is 12.0 Å². The van der Waals surface area contributed by atoms with Crippen molar-refractivity contribution in [1.82, 2.24) is 9.97 Å². The molecule has 0 unspecified atom stereocenters. The van der Waals surface area contributed by atoms with Gasteiger partial charge in [0.15, 0.2) is 11.5 Å². The summed E-state index contributed by atoms with van der Waals surface area (Å²) < 4.78 is 11.3. The lowest BCUT2D eigenvalue weighted by atomic mass is 10.1. The number of hydrogen-bond acceptors (Lipinski definition) is 6. The number of ether oxygens (including phenoxy) is 2. The lowest BCUT2D eigenvalue weighted by molar-refractivity contribution is 0.284. The summed E-state index contributed by atoms with van der Waals surface area (Å²) in [6, 6.07) is 15.7. The van der Waals surface area contributed by atoms with E-state index in [-0.39, 0.29) is 0 Å².